The predicted molar refractivity (Wildman–Crippen MR) is 304 cm³/mol. The molecule has 14 aromatic rings. The van der Waals surface area contributed by atoms with Gasteiger partial charge in [-0.25, -0.2) is 19.9 Å². The van der Waals surface area contributed by atoms with Crippen LogP contribution < -0.4 is 0 Å². The molecule has 0 amide bonds. The molecule has 10 aromatic carbocycles. The number of hydrogen-bond acceptors (Lipinski definition) is 4. The second-order valence-electron chi connectivity index (χ2n) is 18.6. The van der Waals surface area contributed by atoms with Crippen molar-refractivity contribution in [3.63, 3.8) is 0 Å². The van der Waals surface area contributed by atoms with Gasteiger partial charge in [0, 0.05) is 60.7 Å². The molecule has 0 spiro atoms. The summed E-state index contributed by atoms with van der Waals surface area (Å²) >= 11 is 0. The first-order valence-electron chi connectivity index (χ1n) is 25.0. The van der Waals surface area contributed by atoms with Crippen LogP contribution in [0.1, 0.15) is 0 Å². The molecule has 6 nitrogen and oxygen atoms in total. The third-order valence-electron chi connectivity index (χ3n) is 14.2. The van der Waals surface area contributed by atoms with Gasteiger partial charge in [0.1, 0.15) is 0 Å². The lowest BCUT2D eigenvalue weighted by molar-refractivity contribution is 1.07. The smallest absolute Gasteiger partial charge is 0.164 e. The molecule has 0 aliphatic carbocycles. The maximum atomic E-state index is 5.56. The van der Waals surface area contributed by atoms with E-state index in [2.05, 4.69) is 234 Å². The van der Waals surface area contributed by atoms with Crippen molar-refractivity contribution in [2.24, 2.45) is 0 Å². The Bertz CT molecular complexity index is 4160. The topological polar surface area (TPSA) is 61.4 Å². The molecule has 6 heteroatoms. The Kier molecular flexibility index (Phi) is 10.4. The maximum Gasteiger partial charge on any atom is 0.164 e. The van der Waals surface area contributed by atoms with E-state index in [1.54, 1.807) is 0 Å². The molecule has 0 radical (unpaired) electrons. The van der Waals surface area contributed by atoms with E-state index in [-0.39, 0.29) is 0 Å². The molecule has 0 saturated heterocycles. The van der Waals surface area contributed by atoms with Gasteiger partial charge in [0.05, 0.1) is 33.5 Å². The Morgan fingerprint density at radius 1 is 0.230 bits per heavy atom. The number of rotatable bonds is 9. The lowest BCUT2D eigenvalue weighted by Gasteiger charge is -2.19. The highest BCUT2D eigenvalue weighted by Gasteiger charge is 2.24. The Balaban J connectivity index is 1.10. The van der Waals surface area contributed by atoms with E-state index in [1.165, 1.54) is 10.8 Å². The SMILES string of the molecule is c1ccc(-c2cccc(-c3c(-c4ccc5c(c4)c4ccccc4n5-c4ccccc4)cc(-c4nc(-c5ccccc5)nc(-c5ccccc5)n4)cc3-c3ccc4c(c3)c3ccccc3n4-c3ccccc3)n2)cc1. The van der Waals surface area contributed by atoms with Gasteiger partial charge < -0.3 is 9.13 Å². The number of aromatic nitrogens is 6. The molecule has 0 N–H and O–H groups in total. The number of pyridine rings is 1. The van der Waals surface area contributed by atoms with Crippen molar-refractivity contribution >= 4 is 43.6 Å². The maximum absolute atomic E-state index is 5.56. The molecule has 74 heavy (non-hydrogen) atoms. The van der Waals surface area contributed by atoms with Crippen molar-refractivity contribution in [1.29, 1.82) is 0 Å². The lowest BCUT2D eigenvalue weighted by atomic mass is 9.86. The lowest BCUT2D eigenvalue weighted by Crippen LogP contribution is -2.02. The summed E-state index contributed by atoms with van der Waals surface area (Å²) in [4.78, 5) is 21.3. The molecule has 346 valence electrons. The van der Waals surface area contributed by atoms with E-state index in [0.717, 1.165) is 106 Å². The minimum atomic E-state index is 0.571. The second kappa shape index (κ2) is 18.0. The fraction of sp³-hybridized carbons (Fsp3) is 0. The minimum absolute atomic E-state index is 0.571. The molecule has 4 aromatic heterocycles. The van der Waals surface area contributed by atoms with Crippen LogP contribution in [0.15, 0.2) is 267 Å². The van der Waals surface area contributed by atoms with Gasteiger partial charge in [-0.3, -0.25) is 0 Å². The molecule has 0 aliphatic heterocycles. The summed E-state index contributed by atoms with van der Waals surface area (Å²) in [5, 5.41) is 4.65. The fourth-order valence-electron chi connectivity index (χ4n) is 10.8. The van der Waals surface area contributed by atoms with Crippen molar-refractivity contribution in [3.05, 3.63) is 267 Å². The molecule has 0 aliphatic rings. The Morgan fingerprint density at radius 3 is 1.08 bits per heavy atom. The van der Waals surface area contributed by atoms with Crippen molar-refractivity contribution in [2.75, 3.05) is 0 Å². The summed E-state index contributed by atoms with van der Waals surface area (Å²) in [6.45, 7) is 0. The number of hydrogen-bond donors (Lipinski definition) is 0. The van der Waals surface area contributed by atoms with E-state index in [1.807, 2.05) is 42.5 Å². The molecule has 0 bridgehead atoms. The van der Waals surface area contributed by atoms with Crippen molar-refractivity contribution in [3.8, 4) is 90.3 Å². The third-order valence-corrected chi connectivity index (χ3v) is 14.2. The molecular formula is C68H44N6. The van der Waals surface area contributed by atoms with Crippen LogP contribution in [0.4, 0.5) is 0 Å². The van der Waals surface area contributed by atoms with Gasteiger partial charge in [-0.05, 0) is 107 Å². The van der Waals surface area contributed by atoms with Crippen LogP contribution in [0.5, 0.6) is 0 Å². The van der Waals surface area contributed by atoms with Gasteiger partial charge >= 0.3 is 0 Å². The Hall–Kier alpha value is -10.0. The zero-order chi connectivity index (χ0) is 49.0. The molecule has 0 unspecified atom stereocenters. The molecule has 0 saturated carbocycles. The van der Waals surface area contributed by atoms with Crippen LogP contribution in [-0.4, -0.2) is 29.1 Å². The van der Waals surface area contributed by atoms with E-state index >= 15 is 0 Å². The Labute approximate surface area is 427 Å². The molecular weight excluding hydrogens is 901 g/mol. The van der Waals surface area contributed by atoms with Crippen LogP contribution in [0.3, 0.4) is 0 Å². The van der Waals surface area contributed by atoms with Crippen molar-refractivity contribution in [2.45, 2.75) is 0 Å². The van der Waals surface area contributed by atoms with Crippen LogP contribution in [0.25, 0.3) is 134 Å². The first-order valence-corrected chi connectivity index (χ1v) is 25.0. The average molecular weight is 945 g/mol. The van der Waals surface area contributed by atoms with Crippen molar-refractivity contribution < 1.29 is 0 Å². The largest absolute Gasteiger partial charge is 0.309 e. The summed E-state index contributed by atoms with van der Waals surface area (Å²) in [7, 11) is 0. The highest BCUT2D eigenvalue weighted by Crippen LogP contribution is 2.46. The predicted octanol–water partition coefficient (Wildman–Crippen LogP) is 17.1. The highest BCUT2D eigenvalue weighted by molar-refractivity contribution is 6.13. The van der Waals surface area contributed by atoms with E-state index in [0.29, 0.717) is 17.5 Å². The summed E-state index contributed by atoms with van der Waals surface area (Å²) in [6.07, 6.45) is 0. The van der Waals surface area contributed by atoms with Crippen LogP contribution in [-0.2, 0) is 0 Å². The Morgan fingerprint density at radius 2 is 0.608 bits per heavy atom. The van der Waals surface area contributed by atoms with Gasteiger partial charge in [-0.1, -0.05) is 182 Å². The van der Waals surface area contributed by atoms with Crippen LogP contribution in [0.2, 0.25) is 0 Å². The number of fused-ring (bicyclic) bond motifs is 6. The molecule has 4 heterocycles. The fourth-order valence-corrected chi connectivity index (χ4v) is 10.8. The number of nitrogens with zero attached hydrogens (tertiary/aromatic N) is 6. The van der Waals surface area contributed by atoms with Gasteiger partial charge in [0.2, 0.25) is 0 Å². The number of benzene rings is 10. The van der Waals surface area contributed by atoms with Gasteiger partial charge in [-0.2, -0.15) is 0 Å². The van der Waals surface area contributed by atoms with E-state index in [9.17, 15) is 0 Å². The zero-order valence-corrected chi connectivity index (χ0v) is 40.1. The quantitative estimate of drug-likeness (QED) is 0.145. The average Bonchev–Trinajstić information content (AvgIpc) is 4.03. The summed E-state index contributed by atoms with van der Waals surface area (Å²) in [5.41, 5.74) is 17.3. The summed E-state index contributed by atoms with van der Waals surface area (Å²) in [5.74, 6) is 1.77. The highest BCUT2D eigenvalue weighted by atomic mass is 15.0. The standard InChI is InChI=1S/C68H44N6/c1-6-21-45(22-7-1)59-33-20-34-60(69-59)65-55(48-37-39-63-57(41-48)53-31-16-18-35-61(53)73(63)51-27-12-4-13-28-51)43-50(68-71-66(46-23-8-2-9-24-46)70-67(72-68)47-25-10-3-11-26-47)44-56(65)49-38-40-64-58(42-49)54-32-17-19-36-62(54)74(64)52-29-14-5-15-30-52/h1-44H. The summed E-state index contributed by atoms with van der Waals surface area (Å²) in [6, 6.07) is 94.2. The van der Waals surface area contributed by atoms with Crippen LogP contribution >= 0.6 is 0 Å². The van der Waals surface area contributed by atoms with Crippen molar-refractivity contribution in [1.82, 2.24) is 29.1 Å². The van der Waals surface area contributed by atoms with Crippen LogP contribution in [0, 0.1) is 0 Å². The first kappa shape index (κ1) is 42.8. The first-order chi connectivity index (χ1) is 36.7. The van der Waals surface area contributed by atoms with E-state index < -0.39 is 0 Å². The minimum Gasteiger partial charge on any atom is -0.309 e. The molecule has 0 atom stereocenters. The number of para-hydroxylation sites is 4. The molecule has 0 fully saturated rings. The summed E-state index contributed by atoms with van der Waals surface area (Å²) < 4.78 is 4.73. The molecule has 14 rings (SSSR count). The van der Waals surface area contributed by atoms with Gasteiger partial charge in [-0.15, -0.1) is 0 Å². The van der Waals surface area contributed by atoms with Gasteiger partial charge in [0.15, 0.2) is 17.5 Å². The second-order valence-corrected chi connectivity index (χ2v) is 18.6. The van der Waals surface area contributed by atoms with Gasteiger partial charge in [0.25, 0.3) is 0 Å². The third kappa shape index (κ3) is 7.44. The van der Waals surface area contributed by atoms with E-state index in [4.69, 9.17) is 19.9 Å². The zero-order valence-electron chi connectivity index (χ0n) is 40.1. The normalized spacial score (nSPS) is 11.5. The monoisotopic (exact) mass is 944 g/mol.